The Morgan fingerprint density at radius 3 is 2.50 bits per heavy atom. The fourth-order valence-electron chi connectivity index (χ4n) is 4.01. The molecule has 2 heterocycles. The highest BCUT2D eigenvalue weighted by molar-refractivity contribution is 5.96. The molecule has 0 atom stereocenters. The molecule has 2 aliphatic rings. The lowest BCUT2D eigenvalue weighted by molar-refractivity contribution is -0.119. The van der Waals surface area contributed by atoms with Crippen molar-refractivity contribution in [3.8, 4) is 0 Å². The molecular weight excluding hydrogens is 378 g/mol. The third-order valence-corrected chi connectivity index (χ3v) is 5.72. The number of rotatable bonds is 6. The number of nitrogens with one attached hydrogen (secondary N) is 1. The Kier molecular flexibility index (Phi) is 6.77. The molecule has 0 aromatic heterocycles. The molecule has 2 fully saturated rings. The second kappa shape index (κ2) is 9.87. The molecule has 2 aliphatic heterocycles. The van der Waals surface area contributed by atoms with E-state index in [4.69, 9.17) is 4.74 Å². The van der Waals surface area contributed by atoms with Crippen molar-refractivity contribution in [2.75, 3.05) is 37.7 Å². The van der Waals surface area contributed by atoms with E-state index in [0.717, 1.165) is 63.5 Å². The predicted molar refractivity (Wildman–Crippen MR) is 116 cm³/mol. The Morgan fingerprint density at radius 2 is 1.73 bits per heavy atom. The third kappa shape index (κ3) is 5.26. The third-order valence-electron chi connectivity index (χ3n) is 5.72. The molecule has 4 rings (SSSR count). The number of nitrogens with zero attached hydrogens (tertiary/aromatic N) is 2. The van der Waals surface area contributed by atoms with E-state index in [2.05, 4.69) is 22.3 Å². The minimum Gasteiger partial charge on any atom is -0.379 e. The molecule has 0 spiro atoms. The van der Waals surface area contributed by atoms with Crippen molar-refractivity contribution in [1.82, 2.24) is 10.2 Å². The first-order valence-electron chi connectivity index (χ1n) is 10.8. The second-order valence-electron chi connectivity index (χ2n) is 7.94. The van der Waals surface area contributed by atoms with E-state index < -0.39 is 0 Å². The number of amides is 2. The van der Waals surface area contributed by atoms with Crippen molar-refractivity contribution in [3.05, 3.63) is 65.2 Å². The zero-order chi connectivity index (χ0) is 20.8. The SMILES string of the molecule is O=C(NCc1cccc(CN2CCOCC2)c1)c1ccc(N2CCCCC2=O)cc1. The Morgan fingerprint density at radius 1 is 0.967 bits per heavy atom. The van der Waals surface area contributed by atoms with Crippen molar-refractivity contribution in [2.45, 2.75) is 32.4 Å². The van der Waals surface area contributed by atoms with Gasteiger partial charge in [-0.15, -0.1) is 0 Å². The van der Waals surface area contributed by atoms with Gasteiger partial charge in [0.05, 0.1) is 13.2 Å². The van der Waals surface area contributed by atoms with Crippen LogP contribution < -0.4 is 10.2 Å². The standard InChI is InChI=1S/C24H29N3O3/c28-23-6-1-2-11-27(23)22-9-7-21(8-10-22)24(29)25-17-19-4-3-5-20(16-19)18-26-12-14-30-15-13-26/h3-5,7-10,16H,1-2,6,11-15,17-18H2,(H,25,29). The number of carbonyl (C=O) groups excluding carboxylic acids is 2. The lowest BCUT2D eigenvalue weighted by Crippen LogP contribution is -2.35. The van der Waals surface area contributed by atoms with Gasteiger partial charge in [0.25, 0.3) is 5.91 Å². The minimum atomic E-state index is -0.106. The maximum absolute atomic E-state index is 12.6. The number of hydrogen-bond donors (Lipinski definition) is 1. The highest BCUT2D eigenvalue weighted by Crippen LogP contribution is 2.21. The van der Waals surface area contributed by atoms with Gasteiger partial charge in [-0.2, -0.15) is 0 Å². The molecule has 2 amide bonds. The predicted octanol–water partition coefficient (Wildman–Crippen LogP) is 2.97. The van der Waals surface area contributed by atoms with Gasteiger partial charge in [0.15, 0.2) is 0 Å². The summed E-state index contributed by atoms with van der Waals surface area (Å²) in [6, 6.07) is 15.7. The molecule has 0 aliphatic carbocycles. The summed E-state index contributed by atoms with van der Waals surface area (Å²) >= 11 is 0. The molecule has 0 bridgehead atoms. The van der Waals surface area contributed by atoms with Crippen LogP contribution in [0.25, 0.3) is 0 Å². The summed E-state index contributed by atoms with van der Waals surface area (Å²) in [6.45, 7) is 5.65. The Labute approximate surface area is 177 Å². The molecule has 2 aromatic carbocycles. The molecule has 0 radical (unpaired) electrons. The van der Waals surface area contributed by atoms with Crippen LogP contribution in [0.15, 0.2) is 48.5 Å². The second-order valence-corrected chi connectivity index (χ2v) is 7.94. The summed E-state index contributed by atoms with van der Waals surface area (Å²) in [7, 11) is 0. The number of carbonyl (C=O) groups is 2. The quantitative estimate of drug-likeness (QED) is 0.800. The Balaban J connectivity index is 1.32. The van der Waals surface area contributed by atoms with Gasteiger partial charge >= 0.3 is 0 Å². The van der Waals surface area contributed by atoms with Gasteiger partial charge in [-0.1, -0.05) is 24.3 Å². The molecule has 30 heavy (non-hydrogen) atoms. The van der Waals surface area contributed by atoms with E-state index in [1.807, 2.05) is 29.2 Å². The van der Waals surface area contributed by atoms with Gasteiger partial charge in [-0.3, -0.25) is 14.5 Å². The first kappa shape index (κ1) is 20.6. The van der Waals surface area contributed by atoms with Crippen molar-refractivity contribution in [2.24, 2.45) is 0 Å². The normalized spacial score (nSPS) is 17.7. The topological polar surface area (TPSA) is 61.9 Å². The first-order valence-corrected chi connectivity index (χ1v) is 10.8. The Hall–Kier alpha value is -2.70. The average Bonchev–Trinajstić information content (AvgIpc) is 2.79. The van der Waals surface area contributed by atoms with Crippen LogP contribution >= 0.6 is 0 Å². The monoisotopic (exact) mass is 407 g/mol. The van der Waals surface area contributed by atoms with Crippen LogP contribution in [0.1, 0.15) is 40.7 Å². The van der Waals surface area contributed by atoms with E-state index in [9.17, 15) is 9.59 Å². The maximum atomic E-state index is 12.6. The number of piperidine rings is 1. The summed E-state index contributed by atoms with van der Waals surface area (Å²) in [4.78, 5) is 28.8. The summed E-state index contributed by atoms with van der Waals surface area (Å²) in [6.07, 6.45) is 2.59. The van der Waals surface area contributed by atoms with E-state index in [0.29, 0.717) is 18.5 Å². The molecular formula is C24H29N3O3. The molecule has 0 unspecified atom stereocenters. The largest absolute Gasteiger partial charge is 0.379 e. The van der Waals surface area contributed by atoms with Crippen LogP contribution in [-0.4, -0.2) is 49.6 Å². The van der Waals surface area contributed by atoms with Crippen LogP contribution in [0.3, 0.4) is 0 Å². The Bertz CT molecular complexity index is 876. The molecule has 2 saturated heterocycles. The molecule has 158 valence electrons. The molecule has 2 aromatic rings. The average molecular weight is 408 g/mol. The number of benzene rings is 2. The van der Waals surface area contributed by atoms with Gasteiger partial charge in [0.2, 0.25) is 5.91 Å². The summed E-state index contributed by atoms with van der Waals surface area (Å²) in [5.74, 6) is 0.0560. The van der Waals surface area contributed by atoms with Crippen molar-refractivity contribution >= 4 is 17.5 Å². The fraction of sp³-hybridized carbons (Fsp3) is 0.417. The minimum absolute atomic E-state index is 0.106. The van der Waals surface area contributed by atoms with Gasteiger partial charge in [-0.05, 0) is 48.2 Å². The zero-order valence-electron chi connectivity index (χ0n) is 17.3. The van der Waals surface area contributed by atoms with Gasteiger partial charge in [0.1, 0.15) is 0 Å². The van der Waals surface area contributed by atoms with E-state index in [-0.39, 0.29) is 11.8 Å². The maximum Gasteiger partial charge on any atom is 0.251 e. The van der Waals surface area contributed by atoms with E-state index in [1.54, 1.807) is 12.1 Å². The van der Waals surface area contributed by atoms with Crippen LogP contribution in [0.4, 0.5) is 5.69 Å². The number of hydrogen-bond acceptors (Lipinski definition) is 4. The van der Waals surface area contributed by atoms with E-state index >= 15 is 0 Å². The lowest BCUT2D eigenvalue weighted by atomic mass is 10.1. The zero-order valence-corrected chi connectivity index (χ0v) is 17.3. The van der Waals surface area contributed by atoms with Crippen LogP contribution in [0, 0.1) is 0 Å². The molecule has 6 nitrogen and oxygen atoms in total. The number of ether oxygens (including phenoxy) is 1. The highest BCUT2D eigenvalue weighted by Gasteiger charge is 2.19. The van der Waals surface area contributed by atoms with Crippen LogP contribution in [-0.2, 0) is 22.6 Å². The van der Waals surface area contributed by atoms with Gasteiger partial charge in [-0.25, -0.2) is 0 Å². The number of anilines is 1. The van der Waals surface area contributed by atoms with Crippen molar-refractivity contribution in [1.29, 1.82) is 0 Å². The fourth-order valence-corrected chi connectivity index (χ4v) is 4.01. The van der Waals surface area contributed by atoms with Crippen LogP contribution in [0.2, 0.25) is 0 Å². The van der Waals surface area contributed by atoms with Crippen molar-refractivity contribution < 1.29 is 14.3 Å². The van der Waals surface area contributed by atoms with Gasteiger partial charge in [0, 0.05) is 50.4 Å². The molecule has 0 saturated carbocycles. The van der Waals surface area contributed by atoms with Crippen molar-refractivity contribution in [3.63, 3.8) is 0 Å². The van der Waals surface area contributed by atoms with E-state index in [1.165, 1.54) is 5.56 Å². The smallest absolute Gasteiger partial charge is 0.251 e. The number of morpholine rings is 1. The van der Waals surface area contributed by atoms with Crippen LogP contribution in [0.5, 0.6) is 0 Å². The summed E-state index contributed by atoms with van der Waals surface area (Å²) in [5, 5.41) is 3.00. The lowest BCUT2D eigenvalue weighted by Gasteiger charge is -2.26. The summed E-state index contributed by atoms with van der Waals surface area (Å²) in [5.41, 5.74) is 3.81. The highest BCUT2D eigenvalue weighted by atomic mass is 16.5. The first-order chi connectivity index (χ1) is 14.7. The van der Waals surface area contributed by atoms with Gasteiger partial charge < -0.3 is 15.0 Å². The summed E-state index contributed by atoms with van der Waals surface area (Å²) < 4.78 is 5.41. The molecule has 1 N–H and O–H groups in total. The molecule has 6 heteroatoms.